The summed E-state index contributed by atoms with van der Waals surface area (Å²) in [5.74, 6) is 0.205. The van der Waals surface area contributed by atoms with Gasteiger partial charge in [0.05, 0.1) is 0 Å². The number of phenolic OH excluding ortho intramolecular Hbond substituents is 1. The van der Waals surface area contributed by atoms with Crippen molar-refractivity contribution in [2.75, 3.05) is 12.0 Å². The summed E-state index contributed by atoms with van der Waals surface area (Å²) in [6.45, 7) is 18.8. The van der Waals surface area contributed by atoms with Crippen LogP contribution in [0.2, 0.25) is 0 Å². The third kappa shape index (κ3) is 11.7. The van der Waals surface area contributed by atoms with Crippen molar-refractivity contribution in [2.24, 2.45) is 5.92 Å². The Morgan fingerprint density at radius 3 is 2.15 bits per heavy atom. The summed E-state index contributed by atoms with van der Waals surface area (Å²) in [5.41, 5.74) is -0.349. The number of carbonyl (C=O) groups excluding carboxylic acids is 3. The lowest BCUT2D eigenvalue weighted by molar-refractivity contribution is -0.146. The number of hydrogen-bond donors (Lipinski definition) is 3. The maximum Gasteiger partial charge on any atom is 0.408 e. The zero-order chi connectivity index (χ0) is 30.1. The Hall–Kier alpha value is -2.42. The molecular formula is C30H51N3O5S. The Labute approximate surface area is 240 Å². The fourth-order valence-corrected chi connectivity index (χ4v) is 4.66. The first-order valence-corrected chi connectivity index (χ1v) is 15.2. The van der Waals surface area contributed by atoms with Crippen molar-refractivity contribution in [3.8, 4) is 5.75 Å². The smallest absolute Gasteiger partial charge is 0.408 e. The quantitative estimate of drug-likeness (QED) is 0.289. The van der Waals surface area contributed by atoms with Crippen molar-refractivity contribution in [3.05, 3.63) is 29.3 Å². The number of alkyl carbamates (subject to hydrolysis) is 1. The predicted molar refractivity (Wildman–Crippen MR) is 160 cm³/mol. The normalized spacial score (nSPS) is 14.4. The molecule has 1 aromatic rings. The van der Waals surface area contributed by atoms with Crippen molar-refractivity contribution in [3.63, 3.8) is 0 Å². The molecule has 0 aliphatic heterocycles. The van der Waals surface area contributed by atoms with Gasteiger partial charge in [0, 0.05) is 17.1 Å². The molecule has 0 saturated carbocycles. The van der Waals surface area contributed by atoms with Gasteiger partial charge in [-0.1, -0.05) is 32.0 Å². The molecule has 3 N–H and O–H groups in total. The largest absolute Gasteiger partial charge is 0.507 e. The maximum absolute atomic E-state index is 14.4. The first-order chi connectivity index (χ1) is 17.9. The topological polar surface area (TPSA) is 108 Å². The molecule has 9 heteroatoms. The van der Waals surface area contributed by atoms with Gasteiger partial charge in [-0.3, -0.25) is 9.59 Å². The first-order valence-electron chi connectivity index (χ1n) is 13.8. The Kier molecular flexibility index (Phi) is 13.2. The van der Waals surface area contributed by atoms with E-state index in [-0.39, 0.29) is 17.7 Å². The predicted octanol–water partition coefficient (Wildman–Crippen LogP) is 5.96. The summed E-state index contributed by atoms with van der Waals surface area (Å²) >= 11 is 1.56. The maximum atomic E-state index is 14.4. The monoisotopic (exact) mass is 565 g/mol. The van der Waals surface area contributed by atoms with E-state index < -0.39 is 35.2 Å². The minimum Gasteiger partial charge on any atom is -0.507 e. The second-order valence-electron chi connectivity index (χ2n) is 12.7. The van der Waals surface area contributed by atoms with E-state index in [0.29, 0.717) is 35.6 Å². The average molecular weight is 566 g/mol. The number of benzene rings is 1. The van der Waals surface area contributed by atoms with E-state index in [0.717, 1.165) is 6.42 Å². The van der Waals surface area contributed by atoms with Gasteiger partial charge in [-0.2, -0.15) is 11.8 Å². The molecule has 0 aliphatic rings. The molecule has 8 nitrogen and oxygen atoms in total. The Bertz CT molecular complexity index is 968. The molecule has 0 spiro atoms. The van der Waals surface area contributed by atoms with E-state index in [4.69, 9.17) is 4.74 Å². The molecule has 3 unspecified atom stereocenters. The Balaban J connectivity index is 3.72. The van der Waals surface area contributed by atoms with Crippen molar-refractivity contribution in [2.45, 2.75) is 118 Å². The second kappa shape index (κ2) is 14.8. The van der Waals surface area contributed by atoms with Crippen LogP contribution in [0.5, 0.6) is 5.75 Å². The van der Waals surface area contributed by atoms with Gasteiger partial charge in [0.1, 0.15) is 23.4 Å². The molecule has 1 aromatic carbocycles. The number of nitrogens with one attached hydrogen (secondary N) is 2. The zero-order valence-electron chi connectivity index (χ0n) is 25.8. The number of aryl methyl sites for hydroxylation is 1. The summed E-state index contributed by atoms with van der Waals surface area (Å²) in [4.78, 5) is 42.7. The van der Waals surface area contributed by atoms with Crippen LogP contribution in [0.1, 0.15) is 98.7 Å². The minimum absolute atomic E-state index is 0.0267. The molecule has 3 amide bonds. The SMILES string of the molecule is CSCCC(NC(=O)OC(C)(C)C)C(=O)N(C(C)CCC(C)C)C(C(=O)NC(C)(C)C)c1cccc(C)c1O. The van der Waals surface area contributed by atoms with Crippen molar-refractivity contribution in [1.29, 1.82) is 0 Å². The standard InChI is InChI=1S/C30H51N3O5S/c1-19(2)15-16-21(4)33(27(36)23(17-18-39-11)31-28(37)38-30(8,9)10)24(26(35)32-29(5,6)7)22-14-12-13-20(3)25(22)34/h12-14,19,21,23-24,34H,15-18H2,1-11H3,(H,31,37)(H,32,35). The van der Waals surface area contributed by atoms with E-state index >= 15 is 0 Å². The molecule has 0 bridgehead atoms. The first kappa shape index (κ1) is 34.6. The van der Waals surface area contributed by atoms with Crippen LogP contribution in [-0.2, 0) is 14.3 Å². The lowest BCUT2D eigenvalue weighted by atomic mass is 9.94. The minimum atomic E-state index is -1.10. The lowest BCUT2D eigenvalue weighted by Gasteiger charge is -2.40. The van der Waals surface area contributed by atoms with Crippen LogP contribution in [-0.4, -0.2) is 63.1 Å². The number of rotatable bonds is 12. The molecule has 39 heavy (non-hydrogen) atoms. The van der Waals surface area contributed by atoms with Crippen LogP contribution in [0, 0.1) is 12.8 Å². The van der Waals surface area contributed by atoms with Gasteiger partial charge in [-0.05, 0) is 98.1 Å². The summed E-state index contributed by atoms with van der Waals surface area (Å²) in [6.07, 6.45) is 3.10. The van der Waals surface area contributed by atoms with Crippen LogP contribution >= 0.6 is 11.8 Å². The van der Waals surface area contributed by atoms with Crippen LogP contribution < -0.4 is 10.6 Å². The summed E-state index contributed by atoms with van der Waals surface area (Å²) in [6, 6.07) is 2.85. The van der Waals surface area contributed by atoms with Crippen LogP contribution in [0.3, 0.4) is 0 Å². The molecule has 0 saturated heterocycles. The molecule has 0 fully saturated rings. The Morgan fingerprint density at radius 1 is 1.03 bits per heavy atom. The van der Waals surface area contributed by atoms with E-state index in [1.54, 1.807) is 62.6 Å². The summed E-state index contributed by atoms with van der Waals surface area (Å²) in [5, 5.41) is 16.9. The zero-order valence-corrected chi connectivity index (χ0v) is 26.6. The van der Waals surface area contributed by atoms with Crippen LogP contribution in [0.25, 0.3) is 0 Å². The van der Waals surface area contributed by atoms with E-state index in [1.807, 2.05) is 34.0 Å². The van der Waals surface area contributed by atoms with E-state index in [9.17, 15) is 19.5 Å². The highest BCUT2D eigenvalue weighted by atomic mass is 32.2. The van der Waals surface area contributed by atoms with Crippen molar-refractivity contribution in [1.82, 2.24) is 15.5 Å². The lowest BCUT2D eigenvalue weighted by Crippen LogP contribution is -2.57. The highest BCUT2D eigenvalue weighted by Crippen LogP contribution is 2.35. The number of phenols is 1. The van der Waals surface area contributed by atoms with Gasteiger partial charge in [0.15, 0.2) is 0 Å². The number of ether oxygens (including phenoxy) is 1. The molecule has 0 radical (unpaired) electrons. The molecule has 0 aliphatic carbocycles. The Morgan fingerprint density at radius 2 is 1.64 bits per heavy atom. The molecular weight excluding hydrogens is 514 g/mol. The number of para-hydroxylation sites is 1. The third-order valence-electron chi connectivity index (χ3n) is 6.08. The fourth-order valence-electron chi connectivity index (χ4n) is 4.19. The molecule has 0 aromatic heterocycles. The fraction of sp³-hybridized carbons (Fsp3) is 0.700. The van der Waals surface area contributed by atoms with Crippen molar-refractivity contribution < 1.29 is 24.2 Å². The number of nitrogens with zero attached hydrogens (tertiary/aromatic N) is 1. The van der Waals surface area contributed by atoms with E-state index in [1.165, 1.54) is 0 Å². The molecule has 222 valence electrons. The van der Waals surface area contributed by atoms with Gasteiger partial charge < -0.3 is 25.4 Å². The summed E-state index contributed by atoms with van der Waals surface area (Å²) < 4.78 is 5.46. The second-order valence-corrected chi connectivity index (χ2v) is 13.7. The van der Waals surface area contributed by atoms with Crippen LogP contribution in [0.4, 0.5) is 4.79 Å². The summed E-state index contributed by atoms with van der Waals surface area (Å²) in [7, 11) is 0. The average Bonchev–Trinajstić information content (AvgIpc) is 2.77. The third-order valence-corrected chi connectivity index (χ3v) is 6.72. The van der Waals surface area contributed by atoms with Crippen molar-refractivity contribution >= 4 is 29.7 Å². The molecule has 0 heterocycles. The van der Waals surface area contributed by atoms with Crippen LogP contribution in [0.15, 0.2) is 18.2 Å². The van der Waals surface area contributed by atoms with Gasteiger partial charge in [-0.15, -0.1) is 0 Å². The van der Waals surface area contributed by atoms with Gasteiger partial charge in [0.25, 0.3) is 0 Å². The number of hydrogen-bond acceptors (Lipinski definition) is 6. The van der Waals surface area contributed by atoms with E-state index in [2.05, 4.69) is 24.5 Å². The number of aromatic hydroxyl groups is 1. The van der Waals surface area contributed by atoms with Gasteiger partial charge >= 0.3 is 6.09 Å². The number of carbonyl (C=O) groups is 3. The molecule has 1 rings (SSSR count). The number of amides is 3. The highest BCUT2D eigenvalue weighted by Gasteiger charge is 2.40. The highest BCUT2D eigenvalue weighted by molar-refractivity contribution is 7.98. The van der Waals surface area contributed by atoms with Gasteiger partial charge in [-0.25, -0.2) is 4.79 Å². The number of thioether (sulfide) groups is 1. The molecule has 3 atom stereocenters. The van der Waals surface area contributed by atoms with Gasteiger partial charge in [0.2, 0.25) is 11.8 Å².